The van der Waals surface area contributed by atoms with Crippen molar-refractivity contribution in [1.82, 2.24) is 4.72 Å². The van der Waals surface area contributed by atoms with Gasteiger partial charge in [-0.25, -0.2) is 17.9 Å². The smallest absolute Gasteiger partial charge is 0.335 e. The minimum atomic E-state index is -3.86. The number of nitrogens with one attached hydrogen (secondary N) is 1. The van der Waals surface area contributed by atoms with Crippen molar-refractivity contribution in [2.24, 2.45) is 0 Å². The molecule has 0 heterocycles. The predicted octanol–water partition coefficient (Wildman–Crippen LogP) is 1.88. The second-order valence-electron chi connectivity index (χ2n) is 4.94. The zero-order chi connectivity index (χ0) is 15.6. The van der Waals surface area contributed by atoms with Gasteiger partial charge in [-0.3, -0.25) is 0 Å². The fourth-order valence-corrected chi connectivity index (χ4v) is 4.20. The lowest BCUT2D eigenvalue weighted by Crippen LogP contribution is -2.33. The van der Waals surface area contributed by atoms with E-state index in [0.717, 1.165) is 12.5 Å². The molecule has 116 valence electrons. The van der Waals surface area contributed by atoms with Gasteiger partial charge in [0.1, 0.15) is 4.90 Å². The Hall–Kier alpha value is -1.15. The topological polar surface area (TPSA) is 92.7 Å². The van der Waals surface area contributed by atoms with Crippen LogP contribution in [-0.2, 0) is 14.8 Å². The number of ether oxygens (including phenoxy) is 1. The number of halogens is 1. The van der Waals surface area contributed by atoms with E-state index in [2.05, 4.69) is 4.72 Å². The number of benzene rings is 1. The van der Waals surface area contributed by atoms with Crippen molar-refractivity contribution in [3.8, 4) is 0 Å². The van der Waals surface area contributed by atoms with Crippen LogP contribution in [-0.4, -0.2) is 38.7 Å². The Labute approximate surface area is 128 Å². The molecular formula is C13H16ClNO5S. The predicted molar refractivity (Wildman–Crippen MR) is 77.2 cm³/mol. The van der Waals surface area contributed by atoms with E-state index < -0.39 is 16.0 Å². The van der Waals surface area contributed by atoms with Gasteiger partial charge in [0, 0.05) is 13.2 Å². The molecule has 8 heteroatoms. The summed E-state index contributed by atoms with van der Waals surface area (Å²) in [6.45, 7) is 0. The van der Waals surface area contributed by atoms with Gasteiger partial charge < -0.3 is 9.84 Å². The first-order valence-electron chi connectivity index (χ1n) is 6.41. The first-order valence-corrected chi connectivity index (χ1v) is 8.27. The van der Waals surface area contributed by atoms with Crippen LogP contribution in [0, 0.1) is 0 Å². The number of hydrogen-bond acceptors (Lipinski definition) is 4. The van der Waals surface area contributed by atoms with Crippen LogP contribution in [0.25, 0.3) is 0 Å². The quantitative estimate of drug-likeness (QED) is 0.858. The Morgan fingerprint density at radius 2 is 2.14 bits per heavy atom. The van der Waals surface area contributed by atoms with Gasteiger partial charge in [0.25, 0.3) is 0 Å². The van der Waals surface area contributed by atoms with Crippen molar-refractivity contribution >= 4 is 27.6 Å². The average molecular weight is 334 g/mol. The van der Waals surface area contributed by atoms with Crippen molar-refractivity contribution in [3.05, 3.63) is 28.8 Å². The van der Waals surface area contributed by atoms with E-state index in [-0.39, 0.29) is 27.6 Å². The minimum Gasteiger partial charge on any atom is -0.478 e. The lowest BCUT2D eigenvalue weighted by atomic mass is 10.2. The molecule has 1 saturated carbocycles. The zero-order valence-corrected chi connectivity index (χ0v) is 12.9. The molecule has 0 aliphatic heterocycles. The third-order valence-electron chi connectivity index (χ3n) is 3.51. The van der Waals surface area contributed by atoms with E-state index in [1.54, 1.807) is 7.11 Å². The molecule has 1 aromatic carbocycles. The molecule has 0 spiro atoms. The number of carboxylic acids is 1. The summed E-state index contributed by atoms with van der Waals surface area (Å²) in [6.07, 6.45) is 2.09. The monoisotopic (exact) mass is 333 g/mol. The van der Waals surface area contributed by atoms with Crippen LogP contribution < -0.4 is 4.72 Å². The van der Waals surface area contributed by atoms with Crippen molar-refractivity contribution in [3.63, 3.8) is 0 Å². The lowest BCUT2D eigenvalue weighted by molar-refractivity contribution is 0.0696. The maximum atomic E-state index is 12.3. The van der Waals surface area contributed by atoms with Crippen LogP contribution in [0.4, 0.5) is 0 Å². The van der Waals surface area contributed by atoms with Gasteiger partial charge in [-0.2, -0.15) is 0 Å². The minimum absolute atomic E-state index is 0.00575. The zero-order valence-electron chi connectivity index (χ0n) is 11.4. The lowest BCUT2D eigenvalue weighted by Gasteiger charge is -2.14. The van der Waals surface area contributed by atoms with E-state index in [0.29, 0.717) is 12.8 Å². The number of aromatic carboxylic acids is 1. The maximum Gasteiger partial charge on any atom is 0.335 e. The van der Waals surface area contributed by atoms with Gasteiger partial charge >= 0.3 is 5.97 Å². The molecule has 0 aromatic heterocycles. The molecule has 0 amide bonds. The van der Waals surface area contributed by atoms with Crippen molar-refractivity contribution in [2.45, 2.75) is 36.3 Å². The molecule has 0 bridgehead atoms. The molecule has 0 saturated heterocycles. The number of hydrogen-bond donors (Lipinski definition) is 2. The summed E-state index contributed by atoms with van der Waals surface area (Å²) in [5.41, 5.74) is -0.124. The highest BCUT2D eigenvalue weighted by atomic mass is 35.5. The Morgan fingerprint density at radius 1 is 1.43 bits per heavy atom. The molecule has 6 nitrogen and oxygen atoms in total. The number of carboxylic acid groups (broad SMARTS) is 1. The molecule has 1 fully saturated rings. The van der Waals surface area contributed by atoms with E-state index >= 15 is 0 Å². The summed E-state index contributed by atoms with van der Waals surface area (Å²) in [7, 11) is -2.27. The largest absolute Gasteiger partial charge is 0.478 e. The highest BCUT2D eigenvalue weighted by Gasteiger charge is 2.30. The highest BCUT2D eigenvalue weighted by molar-refractivity contribution is 7.89. The highest BCUT2D eigenvalue weighted by Crippen LogP contribution is 2.26. The Bertz CT molecular complexity index is 646. The standard InChI is InChI=1S/C13H16ClNO5S/c1-20-10-4-3-9(7-10)15-21(18,19)12-6-8(13(16)17)2-5-11(12)14/h2,5-6,9-10,15H,3-4,7H2,1H3,(H,16,17). The molecule has 2 N–H and O–H groups in total. The first kappa shape index (κ1) is 16.2. The molecule has 2 unspecified atom stereocenters. The van der Waals surface area contributed by atoms with Crippen molar-refractivity contribution < 1.29 is 23.1 Å². The first-order chi connectivity index (χ1) is 9.83. The Morgan fingerprint density at radius 3 is 2.71 bits per heavy atom. The molecule has 1 aliphatic rings. The maximum absolute atomic E-state index is 12.3. The second kappa shape index (κ2) is 6.31. The average Bonchev–Trinajstić information content (AvgIpc) is 2.85. The summed E-state index contributed by atoms with van der Waals surface area (Å²) in [5, 5.41) is 8.94. The molecule has 1 aromatic rings. The third-order valence-corrected chi connectivity index (χ3v) is 5.51. The summed E-state index contributed by atoms with van der Waals surface area (Å²) in [4.78, 5) is 10.7. The third kappa shape index (κ3) is 3.74. The Kier molecular flexibility index (Phi) is 4.88. The van der Waals surface area contributed by atoms with Crippen molar-refractivity contribution in [1.29, 1.82) is 0 Å². The van der Waals surface area contributed by atoms with E-state index in [4.69, 9.17) is 21.4 Å². The van der Waals surface area contributed by atoms with E-state index in [9.17, 15) is 13.2 Å². The number of carbonyl (C=O) groups is 1. The fourth-order valence-electron chi connectivity index (χ4n) is 2.39. The van der Waals surface area contributed by atoms with E-state index in [1.807, 2.05) is 0 Å². The van der Waals surface area contributed by atoms with Crippen LogP contribution >= 0.6 is 11.6 Å². The second-order valence-corrected chi connectivity index (χ2v) is 7.03. The number of sulfonamides is 1. The molecule has 2 atom stereocenters. The number of methoxy groups -OCH3 is 1. The Balaban J connectivity index is 2.23. The van der Waals surface area contributed by atoms with Gasteiger partial charge in [-0.05, 0) is 37.5 Å². The molecule has 1 aliphatic carbocycles. The molecule has 0 radical (unpaired) electrons. The molecule has 2 rings (SSSR count). The van der Waals surface area contributed by atoms with Gasteiger partial charge in [-0.1, -0.05) is 11.6 Å². The summed E-state index contributed by atoms with van der Waals surface area (Å²) >= 11 is 5.89. The van der Waals surface area contributed by atoms with Gasteiger partial charge in [-0.15, -0.1) is 0 Å². The van der Waals surface area contributed by atoms with Gasteiger partial charge in [0.05, 0.1) is 16.7 Å². The summed E-state index contributed by atoms with van der Waals surface area (Å²) in [6, 6.07) is 3.37. The summed E-state index contributed by atoms with van der Waals surface area (Å²) < 4.78 is 32.5. The molecule has 21 heavy (non-hydrogen) atoms. The van der Waals surface area contributed by atoms with Crippen LogP contribution in [0.2, 0.25) is 5.02 Å². The SMILES string of the molecule is COC1CCC(NS(=O)(=O)c2cc(C(=O)O)ccc2Cl)C1. The molecular weight excluding hydrogens is 318 g/mol. The fraction of sp³-hybridized carbons (Fsp3) is 0.462. The van der Waals surface area contributed by atoms with Crippen molar-refractivity contribution in [2.75, 3.05) is 7.11 Å². The normalized spacial score (nSPS) is 22.4. The van der Waals surface area contributed by atoms with Crippen LogP contribution in [0.5, 0.6) is 0 Å². The summed E-state index contributed by atoms with van der Waals surface area (Å²) in [5.74, 6) is -1.21. The van der Waals surface area contributed by atoms with E-state index in [1.165, 1.54) is 12.1 Å². The van der Waals surface area contributed by atoms with Crippen LogP contribution in [0.15, 0.2) is 23.1 Å². The van der Waals surface area contributed by atoms with Crippen LogP contribution in [0.3, 0.4) is 0 Å². The van der Waals surface area contributed by atoms with Gasteiger partial charge in [0.2, 0.25) is 10.0 Å². The number of rotatable bonds is 5. The van der Waals surface area contributed by atoms with Crippen LogP contribution in [0.1, 0.15) is 29.6 Å². The van der Waals surface area contributed by atoms with Gasteiger partial charge in [0.15, 0.2) is 0 Å².